The maximum atomic E-state index is 13.1. The fourth-order valence-corrected chi connectivity index (χ4v) is 2.48. The molecule has 0 saturated heterocycles. The summed E-state index contributed by atoms with van der Waals surface area (Å²) in [5.74, 6) is -2.22. The Labute approximate surface area is 137 Å². The Balaban J connectivity index is 0.00000242. The molecule has 0 radical (unpaired) electrons. The van der Waals surface area contributed by atoms with Crippen LogP contribution in [-0.2, 0) is 11.2 Å². The maximum Gasteiger partial charge on any atom is 0.230 e. The summed E-state index contributed by atoms with van der Waals surface area (Å²) >= 11 is 1.29. The van der Waals surface area contributed by atoms with Crippen molar-refractivity contribution in [3.05, 3.63) is 46.5 Å². The number of aromatic nitrogens is 1. The van der Waals surface area contributed by atoms with E-state index in [4.69, 9.17) is 5.73 Å². The van der Waals surface area contributed by atoms with Crippen molar-refractivity contribution in [2.24, 2.45) is 11.7 Å². The van der Waals surface area contributed by atoms with Crippen molar-refractivity contribution in [2.45, 2.75) is 13.3 Å². The zero-order valence-corrected chi connectivity index (χ0v) is 13.4. The molecule has 0 aliphatic heterocycles. The van der Waals surface area contributed by atoms with Crippen molar-refractivity contribution < 1.29 is 13.6 Å². The smallest absolute Gasteiger partial charge is 0.230 e. The average Bonchev–Trinajstić information content (AvgIpc) is 2.89. The highest BCUT2D eigenvalue weighted by molar-refractivity contribution is 7.15. The van der Waals surface area contributed by atoms with Crippen LogP contribution in [0, 0.1) is 17.6 Å². The van der Waals surface area contributed by atoms with Gasteiger partial charge in [-0.2, -0.15) is 0 Å². The second-order valence-electron chi connectivity index (χ2n) is 4.68. The lowest BCUT2D eigenvalue weighted by Crippen LogP contribution is -2.26. The molecule has 22 heavy (non-hydrogen) atoms. The van der Waals surface area contributed by atoms with Crippen molar-refractivity contribution in [1.82, 2.24) is 4.98 Å². The highest BCUT2D eigenvalue weighted by Crippen LogP contribution is 2.22. The third-order valence-corrected chi connectivity index (χ3v) is 3.86. The summed E-state index contributed by atoms with van der Waals surface area (Å²) in [5.41, 5.74) is 6.06. The number of rotatable bonds is 5. The molecule has 4 nitrogen and oxygen atoms in total. The number of hydrogen-bond acceptors (Lipinski definition) is 4. The molecule has 0 aliphatic rings. The van der Waals surface area contributed by atoms with Crippen molar-refractivity contribution in [3.63, 3.8) is 0 Å². The van der Waals surface area contributed by atoms with E-state index in [9.17, 15) is 13.6 Å². The van der Waals surface area contributed by atoms with Crippen molar-refractivity contribution in [1.29, 1.82) is 0 Å². The zero-order chi connectivity index (χ0) is 15.4. The molecule has 0 spiro atoms. The molecule has 1 amide bonds. The molecule has 1 aromatic heterocycles. The van der Waals surface area contributed by atoms with Gasteiger partial charge in [-0.1, -0.05) is 13.0 Å². The van der Waals surface area contributed by atoms with Gasteiger partial charge in [-0.25, -0.2) is 13.8 Å². The Bertz CT molecular complexity index is 651. The van der Waals surface area contributed by atoms with Gasteiger partial charge in [0.15, 0.2) is 16.8 Å². The minimum atomic E-state index is -0.873. The molecule has 0 saturated carbocycles. The summed E-state index contributed by atoms with van der Waals surface area (Å²) in [6.07, 6.45) is 2.03. The lowest BCUT2D eigenvalue weighted by Gasteiger charge is -2.06. The molecular weight excluding hydrogens is 332 g/mol. The van der Waals surface area contributed by atoms with Crippen LogP contribution in [-0.4, -0.2) is 17.4 Å². The Morgan fingerprint density at radius 3 is 2.77 bits per heavy atom. The van der Waals surface area contributed by atoms with E-state index in [-0.39, 0.29) is 30.8 Å². The van der Waals surface area contributed by atoms with Crippen LogP contribution in [0.4, 0.5) is 13.9 Å². The SMILES string of the molecule is CC(CN)C(=O)Nc1ncc(Cc2ccc(F)c(F)c2)s1.Cl. The Morgan fingerprint density at radius 2 is 2.14 bits per heavy atom. The summed E-state index contributed by atoms with van der Waals surface area (Å²) in [6, 6.07) is 3.77. The second-order valence-corrected chi connectivity index (χ2v) is 5.80. The second kappa shape index (κ2) is 8.17. The molecule has 0 bridgehead atoms. The average molecular weight is 348 g/mol. The third kappa shape index (κ3) is 4.72. The number of halogens is 3. The fraction of sp³-hybridized carbons (Fsp3) is 0.286. The quantitative estimate of drug-likeness (QED) is 0.873. The molecule has 120 valence electrons. The molecule has 1 heterocycles. The fourth-order valence-electron chi connectivity index (χ4n) is 1.63. The molecule has 3 N–H and O–H groups in total. The van der Waals surface area contributed by atoms with Crippen LogP contribution in [0.5, 0.6) is 0 Å². The summed E-state index contributed by atoms with van der Waals surface area (Å²) < 4.78 is 26.0. The summed E-state index contributed by atoms with van der Waals surface area (Å²) in [7, 11) is 0. The minimum absolute atomic E-state index is 0. The van der Waals surface area contributed by atoms with Gasteiger partial charge >= 0.3 is 0 Å². The van der Waals surface area contributed by atoms with E-state index in [2.05, 4.69) is 10.3 Å². The van der Waals surface area contributed by atoms with E-state index < -0.39 is 11.6 Å². The predicted octanol–water partition coefficient (Wildman–Crippen LogP) is 2.97. The third-order valence-electron chi connectivity index (χ3n) is 2.95. The van der Waals surface area contributed by atoms with Crippen LogP contribution in [0.3, 0.4) is 0 Å². The van der Waals surface area contributed by atoms with Crippen LogP contribution in [0.25, 0.3) is 0 Å². The lowest BCUT2D eigenvalue weighted by molar-refractivity contribution is -0.119. The van der Waals surface area contributed by atoms with Gasteiger partial charge in [0.2, 0.25) is 5.91 Å². The van der Waals surface area contributed by atoms with E-state index in [1.165, 1.54) is 17.4 Å². The van der Waals surface area contributed by atoms with E-state index in [1.54, 1.807) is 13.1 Å². The molecular formula is C14H16ClF2N3OS. The van der Waals surface area contributed by atoms with Gasteiger partial charge in [0.05, 0.1) is 0 Å². The largest absolute Gasteiger partial charge is 0.330 e. The van der Waals surface area contributed by atoms with Crippen molar-refractivity contribution >= 4 is 34.8 Å². The summed E-state index contributed by atoms with van der Waals surface area (Å²) in [4.78, 5) is 16.6. The normalized spacial score (nSPS) is 11.6. The Kier molecular flexibility index (Phi) is 6.86. The number of nitrogens with one attached hydrogen (secondary N) is 1. The number of benzene rings is 1. The first-order valence-corrected chi connectivity index (χ1v) is 7.20. The number of carbonyl (C=O) groups excluding carboxylic acids is 1. The van der Waals surface area contributed by atoms with Crippen molar-refractivity contribution in [3.8, 4) is 0 Å². The number of anilines is 1. The summed E-state index contributed by atoms with van der Waals surface area (Å²) in [5, 5.41) is 3.14. The Hall–Kier alpha value is -1.57. The van der Waals surface area contributed by atoms with E-state index in [0.717, 1.165) is 17.0 Å². The van der Waals surface area contributed by atoms with Gasteiger partial charge in [0.25, 0.3) is 0 Å². The van der Waals surface area contributed by atoms with Gasteiger partial charge in [0.1, 0.15) is 0 Å². The van der Waals surface area contributed by atoms with Crippen LogP contribution < -0.4 is 11.1 Å². The number of thiazole rings is 1. The molecule has 2 rings (SSSR count). The standard InChI is InChI=1S/C14H15F2N3OS.ClH/c1-8(6-17)13(20)19-14-18-7-10(21-14)4-9-2-3-11(15)12(16)5-9;/h2-3,5,7-8H,4,6,17H2,1H3,(H,18,19,20);1H. The topological polar surface area (TPSA) is 68.0 Å². The lowest BCUT2D eigenvalue weighted by atomic mass is 10.1. The molecule has 1 aromatic carbocycles. The van der Waals surface area contributed by atoms with E-state index in [0.29, 0.717) is 17.1 Å². The molecule has 0 fully saturated rings. The molecule has 8 heteroatoms. The van der Waals surface area contributed by atoms with Gasteiger partial charge in [-0.15, -0.1) is 23.7 Å². The number of amides is 1. The van der Waals surface area contributed by atoms with Crippen LogP contribution in [0.1, 0.15) is 17.4 Å². The number of nitrogens with two attached hydrogens (primary N) is 1. The minimum Gasteiger partial charge on any atom is -0.330 e. The zero-order valence-electron chi connectivity index (χ0n) is 11.8. The van der Waals surface area contributed by atoms with E-state index >= 15 is 0 Å². The van der Waals surface area contributed by atoms with Crippen LogP contribution in [0.15, 0.2) is 24.4 Å². The first-order valence-electron chi connectivity index (χ1n) is 6.39. The number of nitrogens with zero attached hydrogens (tertiary/aromatic N) is 1. The predicted molar refractivity (Wildman–Crippen MR) is 85.4 cm³/mol. The van der Waals surface area contributed by atoms with Crippen LogP contribution in [0.2, 0.25) is 0 Å². The summed E-state index contributed by atoms with van der Waals surface area (Å²) in [6.45, 7) is 1.99. The van der Waals surface area contributed by atoms with Gasteiger partial charge in [-0.05, 0) is 17.7 Å². The first kappa shape index (κ1) is 18.5. The van der Waals surface area contributed by atoms with Crippen LogP contribution >= 0.6 is 23.7 Å². The van der Waals surface area contributed by atoms with Gasteiger partial charge in [0, 0.05) is 30.0 Å². The van der Waals surface area contributed by atoms with Gasteiger partial charge in [-0.3, -0.25) is 4.79 Å². The first-order chi connectivity index (χ1) is 9.99. The molecule has 1 unspecified atom stereocenters. The molecule has 0 aliphatic carbocycles. The number of carbonyl (C=O) groups is 1. The number of hydrogen-bond donors (Lipinski definition) is 2. The van der Waals surface area contributed by atoms with E-state index in [1.807, 2.05) is 0 Å². The molecule has 2 aromatic rings. The maximum absolute atomic E-state index is 13.1. The highest BCUT2D eigenvalue weighted by atomic mass is 35.5. The highest BCUT2D eigenvalue weighted by Gasteiger charge is 2.13. The monoisotopic (exact) mass is 347 g/mol. The Morgan fingerprint density at radius 1 is 1.41 bits per heavy atom. The van der Waals surface area contributed by atoms with Crippen molar-refractivity contribution in [2.75, 3.05) is 11.9 Å². The molecule has 1 atom stereocenters. The van der Waals surface area contributed by atoms with Gasteiger partial charge < -0.3 is 11.1 Å².